The van der Waals surface area contributed by atoms with E-state index in [1.54, 1.807) is 6.33 Å². The molecule has 1 heterocycles. The van der Waals surface area contributed by atoms with Crippen molar-refractivity contribution in [1.29, 1.82) is 0 Å². The normalized spacial score (nSPS) is 32.6. The van der Waals surface area contributed by atoms with E-state index in [2.05, 4.69) is 18.8 Å². The van der Waals surface area contributed by atoms with Gasteiger partial charge in [0.2, 0.25) is 0 Å². The first-order valence-corrected chi connectivity index (χ1v) is 6.22. The van der Waals surface area contributed by atoms with Crippen molar-refractivity contribution in [3.05, 3.63) is 18.2 Å². The zero-order chi connectivity index (χ0) is 11.7. The van der Waals surface area contributed by atoms with E-state index in [-0.39, 0.29) is 6.10 Å². The van der Waals surface area contributed by atoms with E-state index >= 15 is 0 Å². The van der Waals surface area contributed by atoms with Crippen LogP contribution in [-0.2, 0) is 7.05 Å². The summed E-state index contributed by atoms with van der Waals surface area (Å²) in [6, 6.07) is 0. The third-order valence-electron chi connectivity index (χ3n) is 3.69. The highest BCUT2D eigenvalue weighted by Gasteiger charge is 2.30. The number of aliphatic hydroxyl groups is 1. The van der Waals surface area contributed by atoms with Gasteiger partial charge in [-0.05, 0) is 37.0 Å². The maximum absolute atomic E-state index is 10.3. The van der Waals surface area contributed by atoms with E-state index in [4.69, 9.17) is 0 Å². The van der Waals surface area contributed by atoms with Gasteiger partial charge in [0, 0.05) is 13.2 Å². The van der Waals surface area contributed by atoms with Gasteiger partial charge in [-0.2, -0.15) is 0 Å². The zero-order valence-electron chi connectivity index (χ0n) is 10.4. The van der Waals surface area contributed by atoms with Crippen LogP contribution in [0.15, 0.2) is 12.5 Å². The van der Waals surface area contributed by atoms with Gasteiger partial charge in [0.25, 0.3) is 0 Å². The highest BCUT2D eigenvalue weighted by Crippen LogP contribution is 2.39. The number of rotatable bonds is 2. The molecule has 0 amide bonds. The molecule has 0 saturated heterocycles. The second-order valence-electron chi connectivity index (χ2n) is 5.59. The van der Waals surface area contributed by atoms with Gasteiger partial charge in [0.15, 0.2) is 0 Å². The average Bonchev–Trinajstić information content (AvgIpc) is 2.62. The minimum absolute atomic E-state index is 0.383. The molecule has 3 nitrogen and oxygen atoms in total. The highest BCUT2D eigenvalue weighted by molar-refractivity contribution is 5.03. The summed E-state index contributed by atoms with van der Waals surface area (Å²) >= 11 is 0. The van der Waals surface area contributed by atoms with E-state index in [0.717, 1.165) is 30.4 Å². The van der Waals surface area contributed by atoms with Gasteiger partial charge in [-0.15, -0.1) is 0 Å². The Bertz CT molecular complexity index is 337. The van der Waals surface area contributed by atoms with Crippen molar-refractivity contribution in [3.63, 3.8) is 0 Å². The standard InChI is InChI=1S/C13H22N2O/c1-9-4-10(2)6-11(5-9)13(16)12-7-15(3)8-14-12/h7-11,13,16H,4-6H2,1-3H3. The number of hydrogen-bond acceptors (Lipinski definition) is 2. The van der Waals surface area contributed by atoms with Crippen LogP contribution in [0.1, 0.15) is 44.9 Å². The number of nitrogens with zero attached hydrogens (tertiary/aromatic N) is 2. The smallest absolute Gasteiger partial charge is 0.100 e. The van der Waals surface area contributed by atoms with Crippen LogP contribution in [0.4, 0.5) is 0 Å². The number of aliphatic hydroxyl groups excluding tert-OH is 1. The van der Waals surface area contributed by atoms with Gasteiger partial charge in [-0.1, -0.05) is 13.8 Å². The van der Waals surface area contributed by atoms with Crippen LogP contribution in [-0.4, -0.2) is 14.7 Å². The first-order valence-electron chi connectivity index (χ1n) is 6.22. The molecule has 16 heavy (non-hydrogen) atoms. The van der Waals surface area contributed by atoms with E-state index in [9.17, 15) is 5.11 Å². The highest BCUT2D eigenvalue weighted by atomic mass is 16.3. The fourth-order valence-electron chi connectivity index (χ4n) is 3.09. The molecule has 0 bridgehead atoms. The molecule has 90 valence electrons. The fraction of sp³-hybridized carbons (Fsp3) is 0.769. The second-order valence-corrected chi connectivity index (χ2v) is 5.59. The summed E-state index contributed by atoms with van der Waals surface area (Å²) in [5.41, 5.74) is 0.828. The third-order valence-corrected chi connectivity index (χ3v) is 3.69. The van der Waals surface area contributed by atoms with E-state index in [1.807, 2.05) is 17.8 Å². The lowest BCUT2D eigenvalue weighted by molar-refractivity contribution is 0.0524. The topological polar surface area (TPSA) is 38.0 Å². The Balaban J connectivity index is 2.06. The number of aromatic nitrogens is 2. The van der Waals surface area contributed by atoms with Gasteiger partial charge in [-0.3, -0.25) is 0 Å². The number of hydrogen-bond donors (Lipinski definition) is 1. The summed E-state index contributed by atoms with van der Waals surface area (Å²) in [5.74, 6) is 1.84. The molecule has 1 aromatic heterocycles. The maximum atomic E-state index is 10.3. The van der Waals surface area contributed by atoms with Crippen molar-refractivity contribution in [2.75, 3.05) is 0 Å². The molecule has 0 aromatic carbocycles. The summed E-state index contributed by atoms with van der Waals surface area (Å²) in [5, 5.41) is 10.3. The van der Waals surface area contributed by atoms with Crippen molar-refractivity contribution < 1.29 is 5.11 Å². The number of imidazole rings is 1. The summed E-state index contributed by atoms with van der Waals surface area (Å²) in [7, 11) is 1.94. The molecule has 0 radical (unpaired) electrons. The van der Waals surface area contributed by atoms with Crippen molar-refractivity contribution in [3.8, 4) is 0 Å². The van der Waals surface area contributed by atoms with Crippen molar-refractivity contribution in [2.45, 2.75) is 39.2 Å². The summed E-state index contributed by atoms with van der Waals surface area (Å²) in [6.07, 6.45) is 6.85. The summed E-state index contributed by atoms with van der Waals surface area (Å²) < 4.78 is 1.90. The monoisotopic (exact) mass is 222 g/mol. The summed E-state index contributed by atoms with van der Waals surface area (Å²) in [6.45, 7) is 4.57. The lowest BCUT2D eigenvalue weighted by Gasteiger charge is -2.33. The average molecular weight is 222 g/mol. The molecular weight excluding hydrogens is 200 g/mol. The van der Waals surface area contributed by atoms with Crippen LogP contribution >= 0.6 is 0 Å². The van der Waals surface area contributed by atoms with Crippen LogP contribution in [0, 0.1) is 17.8 Å². The van der Waals surface area contributed by atoms with E-state index < -0.39 is 0 Å². The minimum Gasteiger partial charge on any atom is -0.386 e. The van der Waals surface area contributed by atoms with Gasteiger partial charge < -0.3 is 9.67 Å². The molecule has 3 unspecified atom stereocenters. The Hall–Kier alpha value is -0.830. The number of aryl methyl sites for hydroxylation is 1. The lowest BCUT2D eigenvalue weighted by Crippen LogP contribution is -2.24. The zero-order valence-corrected chi connectivity index (χ0v) is 10.4. The van der Waals surface area contributed by atoms with Crippen molar-refractivity contribution >= 4 is 0 Å². The SMILES string of the molecule is CC1CC(C)CC(C(O)c2cn(C)cn2)C1. The summed E-state index contributed by atoms with van der Waals surface area (Å²) in [4.78, 5) is 4.25. The lowest BCUT2D eigenvalue weighted by atomic mass is 9.74. The molecule has 1 aliphatic rings. The molecule has 1 aromatic rings. The minimum atomic E-state index is -0.383. The van der Waals surface area contributed by atoms with Gasteiger partial charge in [-0.25, -0.2) is 4.98 Å². The van der Waals surface area contributed by atoms with Crippen molar-refractivity contribution in [2.24, 2.45) is 24.8 Å². The molecule has 3 atom stereocenters. The Kier molecular flexibility index (Phi) is 3.33. The van der Waals surface area contributed by atoms with E-state index in [1.165, 1.54) is 6.42 Å². The molecule has 0 spiro atoms. The first-order chi connectivity index (χ1) is 7.56. The Morgan fingerprint density at radius 1 is 1.31 bits per heavy atom. The quantitative estimate of drug-likeness (QED) is 0.835. The van der Waals surface area contributed by atoms with Crippen LogP contribution < -0.4 is 0 Å². The fourth-order valence-corrected chi connectivity index (χ4v) is 3.09. The molecule has 1 fully saturated rings. The Labute approximate surface area is 97.5 Å². The van der Waals surface area contributed by atoms with E-state index in [0.29, 0.717) is 5.92 Å². The molecule has 0 aliphatic heterocycles. The Morgan fingerprint density at radius 2 is 1.94 bits per heavy atom. The van der Waals surface area contributed by atoms with Crippen LogP contribution in [0.25, 0.3) is 0 Å². The molecule has 2 rings (SSSR count). The van der Waals surface area contributed by atoms with Gasteiger partial charge >= 0.3 is 0 Å². The predicted molar refractivity (Wildman–Crippen MR) is 63.8 cm³/mol. The van der Waals surface area contributed by atoms with Gasteiger partial charge in [0.05, 0.1) is 12.0 Å². The largest absolute Gasteiger partial charge is 0.386 e. The molecular formula is C13H22N2O. The second kappa shape index (κ2) is 4.58. The molecule has 1 aliphatic carbocycles. The Morgan fingerprint density at radius 3 is 2.44 bits per heavy atom. The molecule has 3 heteroatoms. The maximum Gasteiger partial charge on any atom is 0.100 e. The van der Waals surface area contributed by atoms with Crippen LogP contribution in [0.2, 0.25) is 0 Å². The third kappa shape index (κ3) is 2.46. The first kappa shape index (κ1) is 11.6. The van der Waals surface area contributed by atoms with Crippen molar-refractivity contribution in [1.82, 2.24) is 9.55 Å². The predicted octanol–water partition coefficient (Wildman–Crippen LogP) is 2.53. The van der Waals surface area contributed by atoms with Crippen LogP contribution in [0.3, 0.4) is 0 Å². The van der Waals surface area contributed by atoms with Gasteiger partial charge in [0.1, 0.15) is 6.10 Å². The van der Waals surface area contributed by atoms with Crippen LogP contribution in [0.5, 0.6) is 0 Å². The molecule has 1 saturated carbocycles. The molecule has 1 N–H and O–H groups in total.